The molecule has 0 atom stereocenters. The van der Waals surface area contributed by atoms with E-state index >= 15 is 0 Å². The summed E-state index contributed by atoms with van der Waals surface area (Å²) in [6.45, 7) is 5.64. The van der Waals surface area contributed by atoms with E-state index in [0.29, 0.717) is 6.42 Å². The van der Waals surface area contributed by atoms with E-state index in [-0.39, 0.29) is 5.91 Å². The summed E-state index contributed by atoms with van der Waals surface area (Å²) in [6.07, 6.45) is 7.85. The van der Waals surface area contributed by atoms with E-state index in [1.54, 1.807) is 12.4 Å². The summed E-state index contributed by atoms with van der Waals surface area (Å²) in [6, 6.07) is 10.1. The van der Waals surface area contributed by atoms with Crippen LogP contribution in [0.2, 0.25) is 0 Å². The lowest BCUT2D eigenvalue weighted by Crippen LogP contribution is -2.47. The number of piperazine rings is 1. The van der Waals surface area contributed by atoms with E-state index in [1.807, 2.05) is 24.4 Å². The van der Waals surface area contributed by atoms with Crippen molar-refractivity contribution in [3.63, 3.8) is 0 Å². The van der Waals surface area contributed by atoms with Gasteiger partial charge in [0.1, 0.15) is 0 Å². The van der Waals surface area contributed by atoms with Crippen LogP contribution in [0.15, 0.2) is 48.9 Å². The van der Waals surface area contributed by atoms with Crippen molar-refractivity contribution in [3.05, 3.63) is 54.5 Å². The molecule has 0 bridgehead atoms. The number of para-hydroxylation sites is 1. The molecule has 0 radical (unpaired) electrons. The maximum absolute atomic E-state index is 12.2. The van der Waals surface area contributed by atoms with Gasteiger partial charge in [0, 0.05) is 68.6 Å². The molecular weight excluding hydrogens is 364 g/mol. The van der Waals surface area contributed by atoms with Crippen LogP contribution in [0.1, 0.15) is 18.4 Å². The number of amides is 1. The number of hydrogen-bond acceptors (Lipinski definition) is 5. The molecule has 1 aliphatic rings. The number of benzene rings is 1. The molecule has 1 aliphatic heterocycles. The van der Waals surface area contributed by atoms with Gasteiger partial charge in [0.25, 0.3) is 0 Å². The summed E-state index contributed by atoms with van der Waals surface area (Å²) in [4.78, 5) is 28.7. The quantitative estimate of drug-likeness (QED) is 0.575. The van der Waals surface area contributed by atoms with Crippen molar-refractivity contribution in [2.24, 2.45) is 0 Å². The summed E-state index contributed by atoms with van der Waals surface area (Å²) in [7, 11) is 0. The fraction of sp³-hybridized carbons (Fsp3) is 0.409. The zero-order valence-electron chi connectivity index (χ0n) is 16.7. The molecule has 152 valence electrons. The molecule has 0 unspecified atom stereocenters. The van der Waals surface area contributed by atoms with Gasteiger partial charge in [-0.3, -0.25) is 9.69 Å². The number of rotatable bonds is 8. The lowest BCUT2D eigenvalue weighted by atomic mass is 10.1. The van der Waals surface area contributed by atoms with Gasteiger partial charge >= 0.3 is 0 Å². The SMILES string of the molecule is O=C(CCc1c[nH]c2ccccc12)NCCCN1CCN(c2ncccn2)CC1. The van der Waals surface area contributed by atoms with Crippen molar-refractivity contribution in [2.45, 2.75) is 19.3 Å². The van der Waals surface area contributed by atoms with Gasteiger partial charge in [0.2, 0.25) is 11.9 Å². The molecule has 29 heavy (non-hydrogen) atoms. The normalized spacial score (nSPS) is 15.0. The summed E-state index contributed by atoms with van der Waals surface area (Å²) < 4.78 is 0. The van der Waals surface area contributed by atoms with Gasteiger partial charge in [-0.25, -0.2) is 9.97 Å². The lowest BCUT2D eigenvalue weighted by molar-refractivity contribution is -0.121. The number of fused-ring (bicyclic) bond motifs is 1. The van der Waals surface area contributed by atoms with Crippen LogP contribution in [0.3, 0.4) is 0 Å². The van der Waals surface area contributed by atoms with Crippen molar-refractivity contribution < 1.29 is 4.79 Å². The first-order chi connectivity index (χ1) is 14.3. The zero-order chi connectivity index (χ0) is 19.9. The van der Waals surface area contributed by atoms with E-state index in [2.05, 4.69) is 42.2 Å². The lowest BCUT2D eigenvalue weighted by Gasteiger charge is -2.34. The second-order valence-corrected chi connectivity index (χ2v) is 7.44. The van der Waals surface area contributed by atoms with Crippen molar-refractivity contribution in [1.29, 1.82) is 0 Å². The van der Waals surface area contributed by atoms with Crippen LogP contribution in [-0.2, 0) is 11.2 Å². The highest BCUT2D eigenvalue weighted by atomic mass is 16.1. The fourth-order valence-electron chi connectivity index (χ4n) is 3.83. The molecule has 3 aromatic rings. The fourth-order valence-corrected chi connectivity index (χ4v) is 3.83. The molecule has 1 aromatic carbocycles. The number of aromatic nitrogens is 3. The Morgan fingerprint density at radius 1 is 1.07 bits per heavy atom. The Labute approximate surface area is 171 Å². The van der Waals surface area contributed by atoms with Crippen LogP contribution in [-0.4, -0.2) is 65.0 Å². The second kappa shape index (κ2) is 9.52. The number of hydrogen-bond donors (Lipinski definition) is 2. The zero-order valence-corrected chi connectivity index (χ0v) is 16.7. The first-order valence-electron chi connectivity index (χ1n) is 10.4. The minimum Gasteiger partial charge on any atom is -0.361 e. The monoisotopic (exact) mass is 392 g/mol. The Morgan fingerprint density at radius 2 is 1.86 bits per heavy atom. The number of nitrogens with zero attached hydrogens (tertiary/aromatic N) is 4. The molecule has 7 heteroatoms. The number of aromatic amines is 1. The van der Waals surface area contributed by atoms with E-state index < -0.39 is 0 Å². The number of anilines is 1. The first kappa shape index (κ1) is 19.4. The number of H-pyrrole nitrogens is 1. The predicted octanol–water partition coefficient (Wildman–Crippen LogP) is 2.22. The van der Waals surface area contributed by atoms with E-state index in [4.69, 9.17) is 0 Å². The number of aryl methyl sites for hydroxylation is 1. The molecule has 0 saturated carbocycles. The van der Waals surface area contributed by atoms with Crippen molar-refractivity contribution in [3.8, 4) is 0 Å². The Bertz CT molecular complexity index is 917. The van der Waals surface area contributed by atoms with E-state index in [9.17, 15) is 4.79 Å². The van der Waals surface area contributed by atoms with Crippen molar-refractivity contribution in [2.75, 3.05) is 44.2 Å². The Balaban J connectivity index is 1.11. The van der Waals surface area contributed by atoms with Crippen LogP contribution < -0.4 is 10.2 Å². The van der Waals surface area contributed by atoms with E-state index in [1.165, 1.54) is 10.9 Å². The van der Waals surface area contributed by atoms with Crippen LogP contribution in [0.4, 0.5) is 5.95 Å². The number of carbonyl (C=O) groups is 1. The third kappa shape index (κ3) is 5.12. The van der Waals surface area contributed by atoms with Gasteiger partial charge in [-0.05, 0) is 37.1 Å². The van der Waals surface area contributed by atoms with Crippen molar-refractivity contribution >= 4 is 22.8 Å². The summed E-state index contributed by atoms with van der Waals surface area (Å²) in [5.41, 5.74) is 2.33. The maximum Gasteiger partial charge on any atom is 0.225 e. The average Bonchev–Trinajstić information content (AvgIpc) is 3.19. The third-order valence-corrected chi connectivity index (χ3v) is 5.48. The Kier molecular flexibility index (Phi) is 6.36. The standard InChI is InChI=1S/C22H28N6O/c29-21(8-7-18-17-26-20-6-2-1-5-19(18)20)23-11-4-12-27-13-15-28(16-14-27)22-24-9-3-10-25-22/h1-3,5-6,9-10,17,26H,4,7-8,11-16H2,(H,23,29). The second-order valence-electron chi connectivity index (χ2n) is 7.44. The third-order valence-electron chi connectivity index (χ3n) is 5.48. The molecular formula is C22H28N6O. The summed E-state index contributed by atoms with van der Waals surface area (Å²) in [5.74, 6) is 0.941. The first-order valence-corrected chi connectivity index (χ1v) is 10.4. The molecule has 2 aromatic heterocycles. The summed E-state index contributed by atoms with van der Waals surface area (Å²) in [5, 5.41) is 4.27. The van der Waals surface area contributed by atoms with Gasteiger partial charge in [-0.2, -0.15) is 0 Å². The van der Waals surface area contributed by atoms with Gasteiger partial charge in [0.15, 0.2) is 0 Å². The topological polar surface area (TPSA) is 77.2 Å². The van der Waals surface area contributed by atoms with Crippen molar-refractivity contribution in [1.82, 2.24) is 25.2 Å². The smallest absolute Gasteiger partial charge is 0.225 e. The van der Waals surface area contributed by atoms with E-state index in [0.717, 1.165) is 63.6 Å². The average molecular weight is 393 g/mol. The maximum atomic E-state index is 12.2. The highest BCUT2D eigenvalue weighted by Crippen LogP contribution is 2.18. The van der Waals surface area contributed by atoms with Crippen LogP contribution in [0, 0.1) is 0 Å². The van der Waals surface area contributed by atoms with Crippen LogP contribution in [0.25, 0.3) is 10.9 Å². The van der Waals surface area contributed by atoms with Gasteiger partial charge < -0.3 is 15.2 Å². The Morgan fingerprint density at radius 3 is 2.69 bits per heavy atom. The Hall–Kier alpha value is -2.93. The molecule has 1 fully saturated rings. The number of carbonyl (C=O) groups excluding carboxylic acids is 1. The molecule has 1 saturated heterocycles. The molecule has 0 spiro atoms. The highest BCUT2D eigenvalue weighted by Gasteiger charge is 2.18. The molecule has 1 amide bonds. The molecule has 0 aliphatic carbocycles. The summed E-state index contributed by atoms with van der Waals surface area (Å²) >= 11 is 0. The number of nitrogens with one attached hydrogen (secondary N) is 2. The minimum absolute atomic E-state index is 0.126. The van der Waals surface area contributed by atoms with Crippen LogP contribution in [0.5, 0.6) is 0 Å². The molecule has 3 heterocycles. The van der Waals surface area contributed by atoms with Crippen LogP contribution >= 0.6 is 0 Å². The molecule has 7 nitrogen and oxygen atoms in total. The van der Waals surface area contributed by atoms with Gasteiger partial charge in [0.05, 0.1) is 0 Å². The van der Waals surface area contributed by atoms with Gasteiger partial charge in [-0.1, -0.05) is 18.2 Å². The molecule has 2 N–H and O–H groups in total. The predicted molar refractivity (Wildman–Crippen MR) is 115 cm³/mol. The molecule has 4 rings (SSSR count). The highest BCUT2D eigenvalue weighted by molar-refractivity contribution is 5.84. The minimum atomic E-state index is 0.126. The largest absolute Gasteiger partial charge is 0.361 e. The van der Waals surface area contributed by atoms with Gasteiger partial charge in [-0.15, -0.1) is 0 Å².